The lowest BCUT2D eigenvalue weighted by atomic mass is 10.2. The zero-order valence-electron chi connectivity index (χ0n) is 11.8. The molecule has 2 rings (SSSR count). The molecule has 0 aliphatic rings. The highest BCUT2D eigenvalue weighted by atomic mass is 35.5. The van der Waals surface area contributed by atoms with E-state index in [9.17, 15) is 26.0 Å². The molecule has 0 bridgehead atoms. The molecule has 14 heteroatoms. The summed E-state index contributed by atoms with van der Waals surface area (Å²) in [6.07, 6.45) is -4.14. The van der Waals surface area contributed by atoms with Gasteiger partial charge in [-0.15, -0.1) is 0 Å². The van der Waals surface area contributed by atoms with E-state index in [0.29, 0.717) is 23.0 Å². The highest BCUT2D eigenvalue weighted by Crippen LogP contribution is 2.39. The van der Waals surface area contributed by atoms with Crippen LogP contribution in [0.25, 0.3) is 5.69 Å². The van der Waals surface area contributed by atoms with Crippen LogP contribution in [0.3, 0.4) is 0 Å². The molecule has 0 fully saturated rings. The molecule has 26 heavy (non-hydrogen) atoms. The third-order valence-electron chi connectivity index (χ3n) is 2.95. The van der Waals surface area contributed by atoms with Gasteiger partial charge < -0.3 is 0 Å². The predicted octanol–water partition coefficient (Wildman–Crippen LogP) is 4.90. The summed E-state index contributed by atoms with van der Waals surface area (Å²) < 4.78 is 72.6. The Hall–Kier alpha value is -1.25. The highest BCUT2D eigenvalue weighted by Gasteiger charge is 2.44. The lowest BCUT2D eigenvalue weighted by Crippen LogP contribution is -2.21. The Labute approximate surface area is 163 Å². The summed E-state index contributed by atoms with van der Waals surface area (Å²) in [5.41, 5.74) is -2.35. The average Bonchev–Trinajstić information content (AvgIpc) is 2.88. The van der Waals surface area contributed by atoms with Crippen molar-refractivity contribution in [3.05, 3.63) is 39.6 Å². The molecule has 0 amide bonds. The van der Waals surface area contributed by atoms with Crippen molar-refractivity contribution >= 4 is 56.2 Å². The van der Waals surface area contributed by atoms with Crippen LogP contribution in [0.5, 0.6) is 0 Å². The Bertz CT molecular complexity index is 1000. The van der Waals surface area contributed by atoms with Gasteiger partial charge in [-0.1, -0.05) is 23.2 Å². The van der Waals surface area contributed by atoms with Gasteiger partial charge in [0.25, 0.3) is 0 Å². The van der Waals surface area contributed by atoms with Crippen molar-refractivity contribution in [1.29, 1.82) is 5.26 Å². The third-order valence-corrected chi connectivity index (χ3v) is 6.24. The van der Waals surface area contributed by atoms with Gasteiger partial charge >= 0.3 is 10.1 Å². The molecular weight excluding hydrogens is 468 g/mol. The second-order valence-electron chi connectivity index (χ2n) is 4.63. The number of hydrogen-bond acceptors (Lipinski definition) is 4. The number of aromatic nitrogens is 2. The van der Waals surface area contributed by atoms with Gasteiger partial charge in [-0.2, -0.15) is 27.9 Å². The van der Waals surface area contributed by atoms with Gasteiger partial charge in [0.15, 0.2) is 5.69 Å². The van der Waals surface area contributed by atoms with Crippen LogP contribution in [0.1, 0.15) is 11.3 Å². The third kappa shape index (κ3) is 3.73. The molecule has 0 unspecified atom stereocenters. The van der Waals surface area contributed by atoms with E-state index in [1.807, 2.05) is 0 Å². The van der Waals surface area contributed by atoms with Gasteiger partial charge in [0.1, 0.15) is 16.7 Å². The summed E-state index contributed by atoms with van der Waals surface area (Å²) in [6.45, 7) is 0. The van der Waals surface area contributed by atoms with Gasteiger partial charge in [-0.05, 0) is 35.3 Å². The number of nitrogens with zero attached hydrogens (tertiary/aromatic N) is 3. The first-order chi connectivity index (χ1) is 11.7. The van der Waals surface area contributed by atoms with Crippen LogP contribution in [-0.2, 0) is 16.0 Å². The Morgan fingerprint density at radius 1 is 1.12 bits per heavy atom. The van der Waals surface area contributed by atoms with Crippen molar-refractivity contribution in [2.45, 2.75) is 15.0 Å². The maximum Gasteiger partial charge on any atom is 0.416 e. The Kier molecular flexibility index (Phi) is 5.45. The molecule has 0 radical (unpaired) electrons. The van der Waals surface area contributed by atoms with E-state index in [1.54, 1.807) is 0 Å². The number of alkyl halides is 6. The highest BCUT2D eigenvalue weighted by molar-refractivity contribution is 7.95. The van der Waals surface area contributed by atoms with E-state index >= 15 is 0 Å². The normalized spacial score (nSPS) is 12.9. The van der Waals surface area contributed by atoms with Gasteiger partial charge in [0, 0.05) is 0 Å². The molecule has 1 aromatic carbocycles. The van der Waals surface area contributed by atoms with Gasteiger partial charge in [0.2, 0.25) is 9.84 Å². The maximum atomic E-state index is 13.5. The molecular formula is C12H3Cl4F4N3O2S. The van der Waals surface area contributed by atoms with Crippen molar-refractivity contribution in [1.82, 2.24) is 9.78 Å². The summed E-state index contributed by atoms with van der Waals surface area (Å²) in [4.78, 5) is -1.00. The number of hydrogen-bond donors (Lipinski definition) is 0. The topological polar surface area (TPSA) is 75.8 Å². The van der Waals surface area contributed by atoms with Crippen LogP contribution in [0, 0.1) is 11.3 Å². The lowest BCUT2D eigenvalue weighted by molar-refractivity contribution is -0.137. The SMILES string of the molecule is N#Cc1nn(-c2c(Cl)cc(C(F)(F)F)cc2Cl)cc1S(=O)(=O)C(F)(Cl)Cl. The molecule has 0 N–H and O–H groups in total. The second-order valence-corrected chi connectivity index (χ2v) is 9.14. The summed E-state index contributed by atoms with van der Waals surface area (Å²) in [5, 5.41) is 11.4. The zero-order chi connectivity index (χ0) is 20.1. The summed E-state index contributed by atoms with van der Waals surface area (Å²) in [5.74, 6) is 0. The predicted molar refractivity (Wildman–Crippen MR) is 86.0 cm³/mol. The lowest BCUT2D eigenvalue weighted by Gasteiger charge is -2.12. The van der Waals surface area contributed by atoms with Gasteiger partial charge in [0.05, 0.1) is 21.8 Å². The molecule has 2 aromatic rings. The molecule has 0 spiro atoms. The number of rotatable bonds is 3. The largest absolute Gasteiger partial charge is 0.416 e. The zero-order valence-corrected chi connectivity index (χ0v) is 15.7. The molecule has 0 saturated carbocycles. The molecule has 5 nitrogen and oxygen atoms in total. The van der Waals surface area contributed by atoms with Crippen molar-refractivity contribution in [2.24, 2.45) is 0 Å². The van der Waals surface area contributed by atoms with Crippen molar-refractivity contribution in [3.63, 3.8) is 0 Å². The molecule has 0 saturated heterocycles. The smallest absolute Gasteiger partial charge is 0.235 e. The van der Waals surface area contributed by atoms with E-state index in [2.05, 4.69) is 5.10 Å². The van der Waals surface area contributed by atoms with E-state index in [0.717, 1.165) is 0 Å². The van der Waals surface area contributed by atoms with Gasteiger partial charge in [-0.25, -0.2) is 13.1 Å². The van der Waals surface area contributed by atoms with E-state index < -0.39 is 46.1 Å². The number of sulfone groups is 1. The maximum absolute atomic E-state index is 13.5. The number of halogens is 8. The summed E-state index contributed by atoms with van der Waals surface area (Å²) in [7, 11) is -5.07. The van der Waals surface area contributed by atoms with Crippen LogP contribution in [0.2, 0.25) is 10.0 Å². The molecule has 0 aliphatic heterocycles. The van der Waals surface area contributed by atoms with Crippen molar-refractivity contribution < 1.29 is 26.0 Å². The molecule has 140 valence electrons. The molecule has 0 atom stereocenters. The second kappa shape index (κ2) is 6.73. The average molecular weight is 471 g/mol. The molecule has 0 aliphatic carbocycles. The molecule has 1 heterocycles. The summed E-state index contributed by atoms with van der Waals surface area (Å²) in [6, 6.07) is 2.42. The van der Waals surface area contributed by atoms with E-state index in [4.69, 9.17) is 51.7 Å². The first kappa shape index (κ1) is 21.1. The minimum atomic E-state index is -5.07. The van der Waals surface area contributed by atoms with Crippen LogP contribution in [0.4, 0.5) is 17.6 Å². The van der Waals surface area contributed by atoms with Crippen LogP contribution < -0.4 is 0 Å². The molecule has 1 aromatic heterocycles. The van der Waals surface area contributed by atoms with Crippen LogP contribution >= 0.6 is 46.4 Å². The van der Waals surface area contributed by atoms with Crippen LogP contribution in [-0.4, -0.2) is 22.1 Å². The minimum Gasteiger partial charge on any atom is -0.235 e. The fourth-order valence-electron chi connectivity index (χ4n) is 1.82. The Balaban J connectivity index is 2.72. The quantitative estimate of drug-likeness (QED) is 0.472. The standard InChI is InChI=1S/C12H3Cl4F4N3O2S/c13-6-1-5(11(17,18)19)2-7(14)10(6)23-4-9(8(3-21)22-23)26(24,25)12(15,16)20/h1-2,4H. The van der Waals surface area contributed by atoms with Crippen molar-refractivity contribution in [3.8, 4) is 11.8 Å². The van der Waals surface area contributed by atoms with Crippen molar-refractivity contribution in [2.75, 3.05) is 0 Å². The Morgan fingerprint density at radius 3 is 2.00 bits per heavy atom. The number of benzene rings is 1. The minimum absolute atomic E-state index is 0.368. The monoisotopic (exact) mass is 469 g/mol. The fraction of sp³-hybridized carbons (Fsp3) is 0.167. The number of nitriles is 1. The first-order valence-corrected chi connectivity index (χ1v) is 9.07. The van der Waals surface area contributed by atoms with E-state index in [1.165, 1.54) is 6.07 Å². The first-order valence-electron chi connectivity index (χ1n) is 6.08. The Morgan fingerprint density at radius 2 is 1.62 bits per heavy atom. The van der Waals surface area contributed by atoms with Crippen LogP contribution in [0.15, 0.2) is 23.2 Å². The van der Waals surface area contributed by atoms with E-state index in [-0.39, 0.29) is 5.69 Å². The van der Waals surface area contributed by atoms with Gasteiger partial charge in [-0.3, -0.25) is 0 Å². The fourth-order valence-corrected chi connectivity index (χ4v) is 3.81. The summed E-state index contributed by atoms with van der Waals surface area (Å²) >= 11 is 21.5.